The van der Waals surface area contributed by atoms with E-state index in [4.69, 9.17) is 32.7 Å². The molecule has 0 saturated carbocycles. The molecule has 4 aromatic rings. The van der Waals surface area contributed by atoms with Crippen LogP contribution in [0.2, 0.25) is 10.0 Å². The number of ether oxygens (including phenoxy) is 2. The van der Waals surface area contributed by atoms with Crippen molar-refractivity contribution < 1.29 is 28.7 Å². The smallest absolute Gasteiger partial charge is 0.290 e. The molecule has 2 aliphatic rings. The number of rotatable bonds is 10. The maximum atomic E-state index is 13.6. The molecule has 2 N–H and O–H groups in total. The summed E-state index contributed by atoms with van der Waals surface area (Å²) in [4.78, 5) is 52.3. The molecule has 10 heteroatoms. The van der Waals surface area contributed by atoms with Gasteiger partial charge in [-0.15, -0.1) is 0 Å². The number of aryl methyl sites for hydroxylation is 3. The summed E-state index contributed by atoms with van der Waals surface area (Å²) < 4.78 is 12.0. The van der Waals surface area contributed by atoms with Crippen molar-refractivity contribution in [2.45, 2.75) is 72.0 Å². The van der Waals surface area contributed by atoms with E-state index in [1.807, 2.05) is 39.8 Å². The van der Waals surface area contributed by atoms with Gasteiger partial charge in [0.1, 0.15) is 12.2 Å². The Labute approximate surface area is 319 Å². The standard InChI is InChI=1S/C43H40Cl2N2O6/c1-5-27-18-26(17-25(4)40(27)46-42(50)38-22-33(48)20-36(52-38)28-9-13-31(44)14-10-28)19-30-8-7-24(3)41(35(30)6-2)47-43(51)39-23-34(49)21-37(53-39)29-11-15-32(45)16-12-29/h7-18,22-23,36-37H,5-6,19-21H2,1-4H3,(H,46,50)(H,47,51)/t36-,37+/m0/s1. The molecule has 2 heterocycles. The quantitative estimate of drug-likeness (QED) is 0.167. The zero-order valence-electron chi connectivity index (χ0n) is 30.0. The topological polar surface area (TPSA) is 111 Å². The van der Waals surface area contributed by atoms with Crippen LogP contribution in [0.1, 0.15) is 83.4 Å². The molecule has 2 amide bonds. The molecule has 4 aromatic carbocycles. The lowest BCUT2D eigenvalue weighted by molar-refractivity contribution is -0.124. The van der Waals surface area contributed by atoms with Crippen LogP contribution in [0.25, 0.3) is 0 Å². The molecule has 2 aliphatic heterocycles. The molecule has 2 atom stereocenters. The minimum atomic E-state index is -0.590. The van der Waals surface area contributed by atoms with Gasteiger partial charge in [0.25, 0.3) is 11.8 Å². The van der Waals surface area contributed by atoms with Crippen LogP contribution in [0.4, 0.5) is 11.4 Å². The van der Waals surface area contributed by atoms with Crippen molar-refractivity contribution in [1.82, 2.24) is 0 Å². The number of hydrogen-bond donors (Lipinski definition) is 2. The lowest BCUT2D eigenvalue weighted by Crippen LogP contribution is -2.25. The summed E-state index contributed by atoms with van der Waals surface area (Å²) in [6.45, 7) is 7.93. The molecular weight excluding hydrogens is 711 g/mol. The second-order valence-electron chi connectivity index (χ2n) is 13.3. The second kappa shape index (κ2) is 16.2. The van der Waals surface area contributed by atoms with Crippen molar-refractivity contribution in [2.24, 2.45) is 0 Å². The maximum Gasteiger partial charge on any atom is 0.290 e. The predicted octanol–water partition coefficient (Wildman–Crippen LogP) is 9.43. The normalized spacial score (nSPS) is 16.9. The van der Waals surface area contributed by atoms with Crippen LogP contribution in [0, 0.1) is 13.8 Å². The predicted molar refractivity (Wildman–Crippen MR) is 207 cm³/mol. The van der Waals surface area contributed by atoms with Crippen LogP contribution in [0.3, 0.4) is 0 Å². The molecular formula is C43H40Cl2N2O6. The Morgan fingerprint density at radius 1 is 0.660 bits per heavy atom. The largest absolute Gasteiger partial charge is 0.479 e. The van der Waals surface area contributed by atoms with Gasteiger partial charge in [0.2, 0.25) is 0 Å². The van der Waals surface area contributed by atoms with E-state index < -0.39 is 24.0 Å². The van der Waals surface area contributed by atoms with E-state index >= 15 is 0 Å². The van der Waals surface area contributed by atoms with Crippen LogP contribution in [0.5, 0.6) is 0 Å². The highest BCUT2D eigenvalue weighted by Crippen LogP contribution is 2.34. The number of halogens is 2. The minimum Gasteiger partial charge on any atom is -0.479 e. The van der Waals surface area contributed by atoms with E-state index in [-0.39, 0.29) is 35.9 Å². The Morgan fingerprint density at radius 2 is 1.17 bits per heavy atom. The lowest BCUT2D eigenvalue weighted by atomic mass is 9.92. The minimum absolute atomic E-state index is 0.0341. The van der Waals surface area contributed by atoms with Gasteiger partial charge in [-0.2, -0.15) is 0 Å². The maximum absolute atomic E-state index is 13.6. The Bertz CT molecular complexity index is 2150. The van der Waals surface area contributed by atoms with Gasteiger partial charge in [0, 0.05) is 33.6 Å². The van der Waals surface area contributed by atoms with Gasteiger partial charge < -0.3 is 20.1 Å². The van der Waals surface area contributed by atoms with Gasteiger partial charge in [0.05, 0.1) is 12.8 Å². The van der Waals surface area contributed by atoms with Gasteiger partial charge in [-0.3, -0.25) is 19.2 Å². The highest BCUT2D eigenvalue weighted by atomic mass is 35.5. The number of benzene rings is 4. The third kappa shape index (κ3) is 8.73. The zero-order valence-corrected chi connectivity index (χ0v) is 31.5. The Balaban J connectivity index is 1.19. The molecule has 0 aromatic heterocycles. The van der Waals surface area contributed by atoms with Crippen molar-refractivity contribution in [3.63, 3.8) is 0 Å². The zero-order chi connectivity index (χ0) is 37.8. The van der Waals surface area contributed by atoms with E-state index in [9.17, 15) is 19.2 Å². The van der Waals surface area contributed by atoms with Crippen LogP contribution in [0.15, 0.2) is 96.5 Å². The van der Waals surface area contributed by atoms with Crippen molar-refractivity contribution >= 4 is 58.0 Å². The van der Waals surface area contributed by atoms with Crippen LogP contribution in [-0.4, -0.2) is 23.4 Å². The second-order valence-corrected chi connectivity index (χ2v) is 14.2. The first-order valence-electron chi connectivity index (χ1n) is 17.6. The Kier molecular flexibility index (Phi) is 11.5. The molecule has 0 fully saturated rings. The monoisotopic (exact) mass is 750 g/mol. The number of carbonyl (C=O) groups is 4. The average Bonchev–Trinajstić information content (AvgIpc) is 3.14. The van der Waals surface area contributed by atoms with E-state index in [1.54, 1.807) is 48.5 Å². The molecule has 6 rings (SSSR count). The average molecular weight is 752 g/mol. The highest BCUT2D eigenvalue weighted by molar-refractivity contribution is 6.30. The first-order valence-corrected chi connectivity index (χ1v) is 18.4. The van der Waals surface area contributed by atoms with E-state index in [1.165, 1.54) is 12.2 Å². The molecule has 53 heavy (non-hydrogen) atoms. The number of ketones is 2. The number of hydrogen-bond acceptors (Lipinski definition) is 6. The van der Waals surface area contributed by atoms with Gasteiger partial charge in [-0.1, -0.05) is 85.6 Å². The third-order valence-electron chi connectivity index (χ3n) is 9.53. The fraction of sp³-hybridized carbons (Fsp3) is 0.256. The molecule has 0 radical (unpaired) electrons. The molecule has 0 unspecified atom stereocenters. The third-order valence-corrected chi connectivity index (χ3v) is 10.0. The Morgan fingerprint density at radius 3 is 1.66 bits per heavy atom. The SMILES string of the molecule is CCc1cc(Cc2ccc(C)c(NC(=O)C3=CC(=O)C[C@H](c4ccc(Cl)cc4)O3)c2CC)cc(C)c1NC(=O)C1=CC(=O)C[C@@H](c2ccc(Cl)cc2)O1. The van der Waals surface area contributed by atoms with Crippen LogP contribution in [-0.2, 0) is 47.9 Å². The summed E-state index contributed by atoms with van der Waals surface area (Å²) >= 11 is 12.1. The van der Waals surface area contributed by atoms with E-state index in [0.29, 0.717) is 40.7 Å². The van der Waals surface area contributed by atoms with Crippen molar-refractivity contribution in [2.75, 3.05) is 10.6 Å². The Hall–Kier alpha value is -5.18. The van der Waals surface area contributed by atoms with Crippen LogP contribution < -0.4 is 10.6 Å². The lowest BCUT2D eigenvalue weighted by Gasteiger charge is -2.25. The molecule has 0 aliphatic carbocycles. The molecule has 0 bridgehead atoms. The fourth-order valence-corrected chi connectivity index (χ4v) is 7.07. The number of allylic oxidation sites excluding steroid dienone is 2. The van der Waals surface area contributed by atoms with E-state index in [2.05, 4.69) is 22.8 Å². The van der Waals surface area contributed by atoms with Crippen molar-refractivity contribution in [3.05, 3.63) is 151 Å². The van der Waals surface area contributed by atoms with Gasteiger partial charge in [-0.05, 0) is 102 Å². The first kappa shape index (κ1) is 37.6. The molecule has 0 saturated heterocycles. The number of anilines is 2. The molecule has 0 spiro atoms. The summed E-state index contributed by atoms with van der Waals surface area (Å²) in [5.41, 5.74) is 8.62. The molecule has 272 valence electrons. The first-order chi connectivity index (χ1) is 25.4. The molecule has 8 nitrogen and oxygen atoms in total. The summed E-state index contributed by atoms with van der Waals surface area (Å²) in [7, 11) is 0. The van der Waals surface area contributed by atoms with Crippen LogP contribution >= 0.6 is 23.2 Å². The number of carbonyl (C=O) groups excluding carboxylic acids is 4. The number of nitrogens with one attached hydrogen (secondary N) is 2. The van der Waals surface area contributed by atoms with Gasteiger partial charge in [-0.25, -0.2) is 0 Å². The van der Waals surface area contributed by atoms with Gasteiger partial charge >= 0.3 is 0 Å². The summed E-state index contributed by atoms with van der Waals surface area (Å²) in [6.07, 6.45) is 3.48. The number of amides is 2. The highest BCUT2D eigenvalue weighted by Gasteiger charge is 2.29. The fourth-order valence-electron chi connectivity index (χ4n) is 6.82. The summed E-state index contributed by atoms with van der Waals surface area (Å²) in [5, 5.41) is 7.19. The van der Waals surface area contributed by atoms with Crippen molar-refractivity contribution in [3.8, 4) is 0 Å². The van der Waals surface area contributed by atoms with E-state index in [0.717, 1.165) is 44.5 Å². The summed E-state index contributed by atoms with van der Waals surface area (Å²) in [5.74, 6) is -1.44. The van der Waals surface area contributed by atoms with Crippen molar-refractivity contribution in [1.29, 1.82) is 0 Å². The summed E-state index contributed by atoms with van der Waals surface area (Å²) in [6, 6.07) is 22.2. The van der Waals surface area contributed by atoms with Gasteiger partial charge in [0.15, 0.2) is 23.1 Å².